The highest BCUT2D eigenvalue weighted by Gasteiger charge is 2.26. The molecule has 122 valence electrons. The van der Waals surface area contributed by atoms with Crippen molar-refractivity contribution in [1.82, 2.24) is 24.2 Å². The van der Waals surface area contributed by atoms with Crippen LogP contribution >= 0.6 is 0 Å². The number of rotatable bonds is 3. The SMILES string of the molecule is O=C(c1ccn(-c2ccccc2)n1)N1CCC[C@@H](n2ccnc2)C1. The molecule has 1 fully saturated rings. The summed E-state index contributed by atoms with van der Waals surface area (Å²) in [5.41, 5.74) is 1.44. The maximum atomic E-state index is 12.8. The van der Waals surface area contributed by atoms with E-state index < -0.39 is 0 Å². The first kappa shape index (κ1) is 14.7. The molecule has 0 spiro atoms. The van der Waals surface area contributed by atoms with Gasteiger partial charge in [-0.25, -0.2) is 9.67 Å². The molecule has 1 atom stereocenters. The van der Waals surface area contributed by atoms with Crippen LogP contribution in [0.3, 0.4) is 0 Å². The summed E-state index contributed by atoms with van der Waals surface area (Å²) in [6.07, 6.45) is 9.46. The first-order valence-electron chi connectivity index (χ1n) is 8.19. The van der Waals surface area contributed by atoms with Crippen LogP contribution in [0.1, 0.15) is 29.4 Å². The summed E-state index contributed by atoms with van der Waals surface area (Å²) in [5.74, 6) is -0.00510. The standard InChI is InChI=1S/C18H19N5O/c24-18(17-8-11-23(20-17)15-5-2-1-3-6-15)21-10-4-7-16(13-21)22-12-9-19-14-22/h1-3,5-6,8-9,11-12,14,16H,4,7,10,13H2/t16-/m1/s1. The zero-order valence-electron chi connectivity index (χ0n) is 13.3. The smallest absolute Gasteiger partial charge is 0.274 e. The molecule has 0 saturated carbocycles. The Kier molecular flexibility index (Phi) is 3.86. The van der Waals surface area contributed by atoms with Gasteiger partial charge in [-0.2, -0.15) is 5.10 Å². The van der Waals surface area contributed by atoms with Gasteiger partial charge in [-0.05, 0) is 31.0 Å². The van der Waals surface area contributed by atoms with Gasteiger partial charge in [0.1, 0.15) is 0 Å². The number of benzene rings is 1. The fourth-order valence-electron chi connectivity index (χ4n) is 3.19. The maximum Gasteiger partial charge on any atom is 0.274 e. The van der Waals surface area contributed by atoms with Crippen molar-refractivity contribution in [3.63, 3.8) is 0 Å². The van der Waals surface area contributed by atoms with Crippen molar-refractivity contribution in [2.45, 2.75) is 18.9 Å². The molecule has 6 nitrogen and oxygen atoms in total. The molecule has 2 aromatic heterocycles. The second-order valence-corrected chi connectivity index (χ2v) is 6.04. The van der Waals surface area contributed by atoms with Gasteiger partial charge in [0.05, 0.1) is 18.1 Å². The van der Waals surface area contributed by atoms with E-state index >= 15 is 0 Å². The van der Waals surface area contributed by atoms with Crippen molar-refractivity contribution in [1.29, 1.82) is 0 Å². The number of imidazole rings is 1. The van der Waals surface area contributed by atoms with E-state index in [1.165, 1.54) is 0 Å². The van der Waals surface area contributed by atoms with Crippen molar-refractivity contribution in [3.05, 3.63) is 67.0 Å². The number of hydrogen-bond acceptors (Lipinski definition) is 3. The minimum absolute atomic E-state index is 0.00510. The number of nitrogens with zero attached hydrogens (tertiary/aromatic N) is 5. The molecule has 1 aliphatic rings. The Hall–Kier alpha value is -2.89. The van der Waals surface area contributed by atoms with Crippen LogP contribution in [-0.2, 0) is 0 Å². The van der Waals surface area contributed by atoms with Crippen LogP contribution in [0.2, 0.25) is 0 Å². The quantitative estimate of drug-likeness (QED) is 0.745. The molecule has 4 rings (SSSR count). The lowest BCUT2D eigenvalue weighted by molar-refractivity contribution is 0.0673. The average Bonchev–Trinajstić information content (AvgIpc) is 3.34. The van der Waals surface area contributed by atoms with Crippen molar-refractivity contribution < 1.29 is 4.79 Å². The van der Waals surface area contributed by atoms with Crippen LogP contribution in [0, 0.1) is 0 Å². The lowest BCUT2D eigenvalue weighted by Crippen LogP contribution is -2.40. The van der Waals surface area contributed by atoms with E-state index in [1.54, 1.807) is 16.9 Å². The normalized spacial score (nSPS) is 17.8. The number of piperidine rings is 1. The first-order chi connectivity index (χ1) is 11.8. The van der Waals surface area contributed by atoms with Gasteiger partial charge in [-0.15, -0.1) is 0 Å². The molecule has 1 amide bonds. The Balaban J connectivity index is 1.50. The molecule has 0 aliphatic carbocycles. The van der Waals surface area contributed by atoms with E-state index in [9.17, 15) is 4.79 Å². The number of aromatic nitrogens is 4. The van der Waals surface area contributed by atoms with Crippen molar-refractivity contribution in [2.75, 3.05) is 13.1 Å². The van der Waals surface area contributed by atoms with E-state index in [2.05, 4.69) is 14.6 Å². The van der Waals surface area contributed by atoms with Gasteiger partial charge >= 0.3 is 0 Å². The second kappa shape index (κ2) is 6.31. The molecule has 3 heterocycles. The Bertz CT molecular complexity index is 809. The molecule has 1 aliphatic heterocycles. The first-order valence-corrected chi connectivity index (χ1v) is 8.19. The molecule has 24 heavy (non-hydrogen) atoms. The number of carbonyl (C=O) groups excluding carboxylic acids is 1. The third kappa shape index (κ3) is 2.82. The zero-order valence-corrected chi connectivity index (χ0v) is 13.3. The van der Waals surface area contributed by atoms with Gasteiger partial charge in [-0.3, -0.25) is 4.79 Å². The summed E-state index contributed by atoms with van der Waals surface area (Å²) in [6.45, 7) is 1.48. The monoisotopic (exact) mass is 321 g/mol. The molecular formula is C18H19N5O. The number of amides is 1. The van der Waals surface area contributed by atoms with E-state index in [0.29, 0.717) is 18.3 Å². The Morgan fingerprint density at radius 1 is 1.12 bits per heavy atom. The highest BCUT2D eigenvalue weighted by molar-refractivity contribution is 5.92. The van der Waals surface area contributed by atoms with Crippen molar-refractivity contribution in [3.8, 4) is 5.69 Å². The van der Waals surface area contributed by atoms with E-state index in [1.807, 2.05) is 54.0 Å². The minimum atomic E-state index is -0.00510. The lowest BCUT2D eigenvalue weighted by Gasteiger charge is -2.32. The molecule has 0 bridgehead atoms. The molecule has 6 heteroatoms. The van der Waals surface area contributed by atoms with Gasteiger partial charge in [0.15, 0.2) is 5.69 Å². The summed E-state index contributed by atoms with van der Waals surface area (Å²) in [4.78, 5) is 18.8. The molecule has 0 unspecified atom stereocenters. The fraction of sp³-hybridized carbons (Fsp3) is 0.278. The van der Waals surface area contributed by atoms with Gasteiger partial charge in [0.2, 0.25) is 0 Å². The van der Waals surface area contributed by atoms with Gasteiger partial charge in [-0.1, -0.05) is 18.2 Å². The molecular weight excluding hydrogens is 302 g/mol. The Morgan fingerprint density at radius 2 is 2.00 bits per heavy atom. The van der Waals surface area contributed by atoms with Crippen molar-refractivity contribution >= 4 is 5.91 Å². The maximum absolute atomic E-state index is 12.8. The highest BCUT2D eigenvalue weighted by atomic mass is 16.2. The fourth-order valence-corrected chi connectivity index (χ4v) is 3.19. The zero-order chi connectivity index (χ0) is 16.4. The average molecular weight is 321 g/mol. The number of carbonyl (C=O) groups is 1. The molecule has 0 radical (unpaired) electrons. The minimum Gasteiger partial charge on any atom is -0.335 e. The predicted molar refractivity (Wildman–Crippen MR) is 90.0 cm³/mol. The summed E-state index contributed by atoms with van der Waals surface area (Å²) in [7, 11) is 0. The lowest BCUT2D eigenvalue weighted by atomic mass is 10.1. The summed E-state index contributed by atoms with van der Waals surface area (Å²) in [6, 6.07) is 11.9. The third-order valence-corrected chi connectivity index (χ3v) is 4.46. The van der Waals surface area contributed by atoms with Crippen LogP contribution < -0.4 is 0 Å². The van der Waals surface area contributed by atoms with Crippen LogP contribution in [0.15, 0.2) is 61.3 Å². The largest absolute Gasteiger partial charge is 0.335 e. The van der Waals surface area contributed by atoms with Crippen LogP contribution in [0.4, 0.5) is 0 Å². The van der Waals surface area contributed by atoms with Gasteiger partial charge in [0, 0.05) is 31.7 Å². The van der Waals surface area contributed by atoms with Crippen LogP contribution in [0.5, 0.6) is 0 Å². The number of hydrogen-bond donors (Lipinski definition) is 0. The molecule has 1 saturated heterocycles. The Morgan fingerprint density at radius 3 is 2.79 bits per heavy atom. The van der Waals surface area contributed by atoms with E-state index in [4.69, 9.17) is 0 Å². The molecule has 3 aromatic rings. The topological polar surface area (TPSA) is 56.0 Å². The van der Waals surface area contributed by atoms with Crippen molar-refractivity contribution in [2.24, 2.45) is 0 Å². The van der Waals surface area contributed by atoms with Crippen LogP contribution in [0.25, 0.3) is 5.69 Å². The number of likely N-dealkylation sites (tertiary alicyclic amines) is 1. The summed E-state index contributed by atoms with van der Waals surface area (Å²) >= 11 is 0. The Labute approximate surface area is 140 Å². The highest BCUT2D eigenvalue weighted by Crippen LogP contribution is 2.22. The predicted octanol–water partition coefficient (Wildman–Crippen LogP) is 2.55. The number of para-hydroxylation sites is 1. The van der Waals surface area contributed by atoms with Gasteiger partial charge < -0.3 is 9.47 Å². The third-order valence-electron chi connectivity index (χ3n) is 4.46. The summed E-state index contributed by atoms with van der Waals surface area (Å²) < 4.78 is 3.83. The molecule has 0 N–H and O–H groups in total. The summed E-state index contributed by atoms with van der Waals surface area (Å²) in [5, 5.41) is 4.45. The molecule has 1 aromatic carbocycles. The van der Waals surface area contributed by atoms with E-state index in [0.717, 1.165) is 25.1 Å². The van der Waals surface area contributed by atoms with Gasteiger partial charge in [0.25, 0.3) is 5.91 Å². The second-order valence-electron chi connectivity index (χ2n) is 6.04. The van der Waals surface area contributed by atoms with Crippen LogP contribution in [-0.4, -0.2) is 43.2 Å². The van der Waals surface area contributed by atoms with E-state index in [-0.39, 0.29) is 5.91 Å².